The van der Waals surface area contributed by atoms with E-state index in [0.29, 0.717) is 25.0 Å². The van der Waals surface area contributed by atoms with Gasteiger partial charge in [-0.2, -0.15) is 0 Å². The number of ether oxygens (including phenoxy) is 2. The fourth-order valence-electron chi connectivity index (χ4n) is 3.81. The molecule has 1 saturated heterocycles. The molecular weight excluding hydrogens is 440 g/mol. The van der Waals surface area contributed by atoms with E-state index in [-0.39, 0.29) is 55.8 Å². The van der Waals surface area contributed by atoms with Crippen LogP contribution in [0.5, 0.6) is 5.88 Å². The van der Waals surface area contributed by atoms with Crippen LogP contribution >= 0.6 is 0 Å². The third-order valence-corrected chi connectivity index (χ3v) is 5.48. The summed E-state index contributed by atoms with van der Waals surface area (Å²) < 4.78 is 45.0. The number of aromatic nitrogens is 1. The van der Waals surface area contributed by atoms with Crippen molar-refractivity contribution in [3.8, 4) is 5.88 Å². The Morgan fingerprint density at radius 3 is 2.73 bits per heavy atom. The summed E-state index contributed by atoms with van der Waals surface area (Å²) in [4.78, 5) is 27.0. The maximum absolute atomic E-state index is 14.9. The van der Waals surface area contributed by atoms with Gasteiger partial charge in [0.1, 0.15) is 24.5 Å². The van der Waals surface area contributed by atoms with E-state index < -0.39 is 23.8 Å². The minimum atomic E-state index is -0.800. The number of cyclic esters (lactones) is 1. The molecule has 1 fully saturated rings. The zero-order valence-corrected chi connectivity index (χ0v) is 17.7. The van der Waals surface area contributed by atoms with E-state index in [0.717, 1.165) is 17.0 Å². The zero-order chi connectivity index (χ0) is 23.4. The molecule has 1 N–H and O–H groups in total. The molecule has 1 aromatic heterocycles. The lowest BCUT2D eigenvalue weighted by molar-refractivity contribution is -0.131. The second kappa shape index (κ2) is 9.99. The Kier molecular flexibility index (Phi) is 6.87. The Hall–Kier alpha value is -3.47. The van der Waals surface area contributed by atoms with Crippen LogP contribution in [0, 0.1) is 11.6 Å². The summed E-state index contributed by atoms with van der Waals surface area (Å²) in [6, 6.07) is 3.70. The Balaban J connectivity index is 1.42. The highest BCUT2D eigenvalue weighted by atomic mass is 19.1. The highest BCUT2D eigenvalue weighted by Gasteiger charge is 2.34. The van der Waals surface area contributed by atoms with Crippen molar-refractivity contribution in [2.45, 2.75) is 25.4 Å². The zero-order valence-electron chi connectivity index (χ0n) is 17.7. The number of hydrogen-bond acceptors (Lipinski definition) is 7. The molecule has 2 aliphatic rings. The fourth-order valence-corrected chi connectivity index (χ4v) is 3.81. The number of benzene rings is 1. The van der Waals surface area contributed by atoms with Crippen molar-refractivity contribution < 1.29 is 37.5 Å². The Morgan fingerprint density at radius 1 is 1.30 bits per heavy atom. The van der Waals surface area contributed by atoms with Gasteiger partial charge in [0.15, 0.2) is 6.10 Å². The SMILES string of the molecule is O=C(CCCO)N1CC=C(c2c(F)cc(N3CC(COc4ccon4)OC3=O)cc2F)CC1. The van der Waals surface area contributed by atoms with E-state index in [2.05, 4.69) is 9.68 Å². The molecule has 4 rings (SSSR count). The minimum absolute atomic E-state index is 0.0121. The van der Waals surface area contributed by atoms with Gasteiger partial charge in [-0.3, -0.25) is 9.69 Å². The summed E-state index contributed by atoms with van der Waals surface area (Å²) in [6.45, 7) is 0.582. The van der Waals surface area contributed by atoms with Gasteiger partial charge in [0.05, 0.1) is 12.2 Å². The first kappa shape index (κ1) is 22.7. The maximum Gasteiger partial charge on any atom is 0.414 e. The van der Waals surface area contributed by atoms with Crippen LogP contribution in [0.3, 0.4) is 0 Å². The summed E-state index contributed by atoms with van der Waals surface area (Å²) in [6.07, 6.45) is 2.49. The minimum Gasteiger partial charge on any atom is -0.471 e. The molecule has 1 unspecified atom stereocenters. The second-order valence-electron chi connectivity index (χ2n) is 7.70. The molecule has 2 aromatic rings. The summed E-state index contributed by atoms with van der Waals surface area (Å²) in [5, 5.41) is 12.4. The lowest BCUT2D eigenvalue weighted by atomic mass is 9.97. The van der Waals surface area contributed by atoms with Crippen molar-refractivity contribution >= 4 is 23.3 Å². The highest BCUT2D eigenvalue weighted by molar-refractivity contribution is 5.90. The topological polar surface area (TPSA) is 105 Å². The van der Waals surface area contributed by atoms with Crippen LogP contribution < -0.4 is 9.64 Å². The van der Waals surface area contributed by atoms with E-state index in [1.807, 2.05) is 0 Å². The predicted octanol–water partition coefficient (Wildman–Crippen LogP) is 2.75. The number of carbonyl (C=O) groups is 2. The van der Waals surface area contributed by atoms with Crippen molar-refractivity contribution in [1.29, 1.82) is 0 Å². The number of aliphatic hydroxyl groups is 1. The van der Waals surface area contributed by atoms with E-state index in [4.69, 9.17) is 14.6 Å². The Labute approximate surface area is 188 Å². The normalized spacial score (nSPS) is 18.3. The average molecular weight is 463 g/mol. The molecule has 1 atom stereocenters. The van der Waals surface area contributed by atoms with Gasteiger partial charge >= 0.3 is 6.09 Å². The summed E-state index contributed by atoms with van der Waals surface area (Å²) in [5.74, 6) is -1.47. The van der Waals surface area contributed by atoms with Crippen LogP contribution in [-0.2, 0) is 9.53 Å². The average Bonchev–Trinajstić information content (AvgIpc) is 3.45. The molecule has 9 nitrogen and oxygen atoms in total. The van der Waals surface area contributed by atoms with E-state index >= 15 is 0 Å². The Bertz CT molecular complexity index is 1020. The van der Waals surface area contributed by atoms with Crippen molar-refractivity contribution in [1.82, 2.24) is 10.1 Å². The first-order chi connectivity index (χ1) is 16.0. The molecule has 2 amide bonds. The molecule has 0 bridgehead atoms. The van der Waals surface area contributed by atoms with Crippen molar-refractivity contribution in [2.24, 2.45) is 0 Å². The van der Waals surface area contributed by atoms with Gasteiger partial charge in [0, 0.05) is 37.7 Å². The summed E-state index contributed by atoms with van der Waals surface area (Å²) in [5.41, 5.74) is 0.338. The van der Waals surface area contributed by atoms with Crippen LogP contribution in [0.1, 0.15) is 24.8 Å². The number of rotatable bonds is 8. The molecular formula is C22H23F2N3O6. The summed E-state index contributed by atoms with van der Waals surface area (Å²) in [7, 11) is 0. The van der Waals surface area contributed by atoms with Crippen LogP contribution in [0.15, 0.2) is 35.1 Å². The van der Waals surface area contributed by atoms with E-state index in [1.54, 1.807) is 11.0 Å². The van der Waals surface area contributed by atoms with Crippen molar-refractivity contribution in [3.05, 3.63) is 47.7 Å². The molecule has 0 saturated carbocycles. The van der Waals surface area contributed by atoms with Crippen molar-refractivity contribution in [2.75, 3.05) is 37.7 Å². The van der Waals surface area contributed by atoms with Crippen LogP contribution in [-0.4, -0.2) is 66.1 Å². The molecule has 11 heteroatoms. The molecule has 0 radical (unpaired) electrons. The van der Waals surface area contributed by atoms with Crippen molar-refractivity contribution in [3.63, 3.8) is 0 Å². The monoisotopic (exact) mass is 463 g/mol. The molecule has 176 valence electrons. The molecule has 0 spiro atoms. The quantitative estimate of drug-likeness (QED) is 0.642. The molecule has 0 aliphatic carbocycles. The van der Waals surface area contributed by atoms with Crippen LogP contribution in [0.2, 0.25) is 0 Å². The third-order valence-electron chi connectivity index (χ3n) is 5.48. The van der Waals surface area contributed by atoms with Gasteiger partial charge in [-0.25, -0.2) is 13.6 Å². The van der Waals surface area contributed by atoms with Gasteiger partial charge in [-0.1, -0.05) is 6.08 Å². The maximum atomic E-state index is 14.9. The van der Waals surface area contributed by atoms with Crippen LogP contribution in [0.25, 0.3) is 5.57 Å². The number of amides is 2. The Morgan fingerprint density at radius 2 is 2.09 bits per heavy atom. The third kappa shape index (κ3) is 5.14. The lowest BCUT2D eigenvalue weighted by Crippen LogP contribution is -2.34. The van der Waals surface area contributed by atoms with E-state index in [9.17, 15) is 18.4 Å². The van der Waals surface area contributed by atoms with Gasteiger partial charge < -0.3 is 24.0 Å². The highest BCUT2D eigenvalue weighted by Crippen LogP contribution is 2.32. The summed E-state index contributed by atoms with van der Waals surface area (Å²) >= 11 is 0. The number of anilines is 1. The van der Waals surface area contributed by atoms with Gasteiger partial charge in [-0.05, 0) is 35.7 Å². The second-order valence-corrected chi connectivity index (χ2v) is 7.70. The number of aliphatic hydroxyl groups excluding tert-OH is 1. The number of hydrogen-bond donors (Lipinski definition) is 1. The smallest absolute Gasteiger partial charge is 0.414 e. The first-order valence-electron chi connectivity index (χ1n) is 10.5. The molecule has 3 heterocycles. The number of carbonyl (C=O) groups excluding carboxylic acids is 2. The fraction of sp³-hybridized carbons (Fsp3) is 0.409. The van der Waals surface area contributed by atoms with Gasteiger partial charge in [0.2, 0.25) is 5.91 Å². The molecule has 2 aliphatic heterocycles. The predicted molar refractivity (Wildman–Crippen MR) is 111 cm³/mol. The van der Waals surface area contributed by atoms with Gasteiger partial charge in [0.25, 0.3) is 5.88 Å². The standard InChI is InChI=1S/C22H23F2N3O6/c23-17-10-15(27-12-16(33-22(27)30)13-31-19-5-9-32-25-19)11-18(24)21(17)14-3-6-26(7-4-14)20(29)2-1-8-28/h3,5,9-11,16,28H,1-2,4,6-8,12-13H2. The number of halogens is 2. The first-order valence-corrected chi connectivity index (χ1v) is 10.5. The molecule has 33 heavy (non-hydrogen) atoms. The lowest BCUT2D eigenvalue weighted by Gasteiger charge is -2.27. The van der Waals surface area contributed by atoms with Gasteiger partial charge in [-0.15, -0.1) is 0 Å². The number of nitrogens with zero attached hydrogens (tertiary/aromatic N) is 3. The van der Waals surface area contributed by atoms with Crippen LogP contribution in [0.4, 0.5) is 19.3 Å². The van der Waals surface area contributed by atoms with E-state index in [1.165, 1.54) is 12.3 Å². The largest absolute Gasteiger partial charge is 0.471 e. The molecule has 1 aromatic carbocycles.